The maximum atomic E-state index is 4.48. The lowest BCUT2D eigenvalue weighted by Gasteiger charge is -2.35. The molecule has 0 aliphatic carbocycles. The van der Waals surface area contributed by atoms with Gasteiger partial charge in [0, 0.05) is 13.1 Å². The van der Waals surface area contributed by atoms with Gasteiger partial charge in [-0.05, 0) is 18.9 Å². The number of nitrogens with zero attached hydrogens (tertiary/aromatic N) is 2. The molecule has 0 amide bonds. The van der Waals surface area contributed by atoms with E-state index in [2.05, 4.69) is 46.4 Å². The van der Waals surface area contributed by atoms with E-state index in [0.717, 1.165) is 25.6 Å². The Hall–Kier alpha value is -1.51. The van der Waals surface area contributed by atoms with Crippen molar-refractivity contribution >= 4 is 5.96 Å². The summed E-state index contributed by atoms with van der Waals surface area (Å²) in [5.74, 6) is 1.09. The fourth-order valence-electron chi connectivity index (χ4n) is 2.53. The number of benzene rings is 1. The number of nitrogens with one attached hydrogen (secondary N) is 1. The third-order valence-corrected chi connectivity index (χ3v) is 3.41. The topological polar surface area (TPSA) is 27.6 Å². The Kier molecular flexibility index (Phi) is 2.31. The fourth-order valence-corrected chi connectivity index (χ4v) is 2.53. The van der Waals surface area contributed by atoms with Crippen LogP contribution >= 0.6 is 0 Å². The first-order chi connectivity index (χ1) is 7.84. The predicted octanol–water partition coefficient (Wildman–Crippen LogP) is 1.70. The number of fused-ring (bicyclic) bond motifs is 1. The molecule has 2 aliphatic rings. The molecule has 1 N–H and O–H groups in total. The minimum atomic E-state index is 0.517. The molecule has 1 fully saturated rings. The standard InChI is InChI=1S/C13H17N3/c1-10-2-4-11(5-3-10)12-6-7-14-13-15-8-9-16(12)13/h2-5,12H,6-9H2,1H3,(H,14,15). The molecular formula is C13H17N3. The summed E-state index contributed by atoms with van der Waals surface area (Å²) in [5.41, 5.74) is 2.75. The van der Waals surface area contributed by atoms with Crippen molar-refractivity contribution in [3.8, 4) is 0 Å². The van der Waals surface area contributed by atoms with Gasteiger partial charge in [-0.25, -0.2) is 0 Å². The van der Waals surface area contributed by atoms with Crippen LogP contribution in [0.15, 0.2) is 29.3 Å². The van der Waals surface area contributed by atoms with Crippen molar-refractivity contribution in [1.29, 1.82) is 0 Å². The van der Waals surface area contributed by atoms with Crippen LogP contribution < -0.4 is 5.32 Å². The van der Waals surface area contributed by atoms with Crippen LogP contribution in [0.25, 0.3) is 0 Å². The molecule has 1 saturated heterocycles. The zero-order chi connectivity index (χ0) is 11.0. The molecule has 16 heavy (non-hydrogen) atoms. The van der Waals surface area contributed by atoms with Crippen LogP contribution in [0.1, 0.15) is 23.6 Å². The van der Waals surface area contributed by atoms with E-state index in [1.807, 2.05) is 0 Å². The fraction of sp³-hybridized carbons (Fsp3) is 0.462. The van der Waals surface area contributed by atoms with Crippen molar-refractivity contribution in [2.24, 2.45) is 4.99 Å². The van der Waals surface area contributed by atoms with Crippen molar-refractivity contribution in [2.45, 2.75) is 19.4 Å². The maximum absolute atomic E-state index is 4.48. The second-order valence-electron chi connectivity index (χ2n) is 4.54. The third-order valence-electron chi connectivity index (χ3n) is 3.41. The summed E-state index contributed by atoms with van der Waals surface area (Å²) in [7, 11) is 0. The first-order valence-electron chi connectivity index (χ1n) is 5.96. The van der Waals surface area contributed by atoms with E-state index in [1.165, 1.54) is 17.5 Å². The van der Waals surface area contributed by atoms with Gasteiger partial charge in [0.25, 0.3) is 0 Å². The molecule has 0 spiro atoms. The molecule has 1 atom stereocenters. The Balaban J connectivity index is 1.88. The molecule has 1 aromatic carbocycles. The molecule has 84 valence electrons. The van der Waals surface area contributed by atoms with Crippen molar-refractivity contribution in [3.63, 3.8) is 0 Å². The van der Waals surface area contributed by atoms with E-state index in [1.54, 1.807) is 0 Å². The molecule has 1 aromatic rings. The third kappa shape index (κ3) is 1.56. The zero-order valence-corrected chi connectivity index (χ0v) is 9.61. The summed E-state index contributed by atoms with van der Waals surface area (Å²) < 4.78 is 0. The molecule has 2 heterocycles. The molecule has 3 heteroatoms. The van der Waals surface area contributed by atoms with Gasteiger partial charge in [0.1, 0.15) is 0 Å². The average Bonchev–Trinajstić information content (AvgIpc) is 2.78. The van der Waals surface area contributed by atoms with Crippen LogP contribution in [0.4, 0.5) is 0 Å². The average molecular weight is 215 g/mol. The number of hydrogen-bond acceptors (Lipinski definition) is 3. The van der Waals surface area contributed by atoms with Gasteiger partial charge in [0.05, 0.1) is 12.6 Å². The van der Waals surface area contributed by atoms with Gasteiger partial charge in [0.2, 0.25) is 0 Å². The molecule has 0 radical (unpaired) electrons. The highest BCUT2D eigenvalue weighted by molar-refractivity contribution is 5.82. The van der Waals surface area contributed by atoms with Crippen LogP contribution in [-0.4, -0.2) is 30.5 Å². The quantitative estimate of drug-likeness (QED) is 0.772. The molecule has 2 aliphatic heterocycles. The van der Waals surface area contributed by atoms with Crippen LogP contribution in [-0.2, 0) is 0 Å². The van der Waals surface area contributed by atoms with Crippen LogP contribution in [0.3, 0.4) is 0 Å². The Morgan fingerprint density at radius 2 is 2.12 bits per heavy atom. The first-order valence-corrected chi connectivity index (χ1v) is 5.96. The van der Waals surface area contributed by atoms with Gasteiger partial charge in [-0.15, -0.1) is 0 Å². The molecule has 0 aromatic heterocycles. The summed E-state index contributed by atoms with van der Waals surface area (Å²) in [6.45, 7) is 5.16. The lowest BCUT2D eigenvalue weighted by Crippen LogP contribution is -2.46. The second kappa shape index (κ2) is 3.81. The molecular weight excluding hydrogens is 198 g/mol. The van der Waals surface area contributed by atoms with Crippen LogP contribution in [0.2, 0.25) is 0 Å². The minimum Gasteiger partial charge on any atom is -0.356 e. The highest BCUT2D eigenvalue weighted by Gasteiger charge is 2.29. The van der Waals surface area contributed by atoms with Crippen molar-refractivity contribution < 1.29 is 0 Å². The van der Waals surface area contributed by atoms with Crippen molar-refractivity contribution in [3.05, 3.63) is 35.4 Å². The van der Waals surface area contributed by atoms with Crippen LogP contribution in [0, 0.1) is 6.92 Å². The number of guanidine groups is 1. The molecule has 3 rings (SSSR count). The lowest BCUT2D eigenvalue weighted by molar-refractivity contribution is 0.291. The summed E-state index contributed by atoms with van der Waals surface area (Å²) >= 11 is 0. The SMILES string of the molecule is Cc1ccc(C2CCNC3=NCCN32)cc1. The van der Waals surface area contributed by atoms with Gasteiger partial charge in [-0.3, -0.25) is 4.99 Å². The van der Waals surface area contributed by atoms with Crippen LogP contribution in [0.5, 0.6) is 0 Å². The van der Waals surface area contributed by atoms with E-state index in [9.17, 15) is 0 Å². The van der Waals surface area contributed by atoms with E-state index < -0.39 is 0 Å². The lowest BCUT2D eigenvalue weighted by atomic mass is 9.99. The van der Waals surface area contributed by atoms with E-state index in [0.29, 0.717) is 6.04 Å². The zero-order valence-electron chi connectivity index (χ0n) is 9.61. The van der Waals surface area contributed by atoms with Gasteiger partial charge in [-0.2, -0.15) is 0 Å². The van der Waals surface area contributed by atoms with Crippen molar-refractivity contribution in [2.75, 3.05) is 19.6 Å². The first kappa shape index (κ1) is 9.70. The molecule has 0 saturated carbocycles. The van der Waals surface area contributed by atoms with Gasteiger partial charge >= 0.3 is 0 Å². The molecule has 1 unspecified atom stereocenters. The van der Waals surface area contributed by atoms with E-state index in [4.69, 9.17) is 0 Å². The smallest absolute Gasteiger partial charge is 0.194 e. The Labute approximate surface area is 96.2 Å². The van der Waals surface area contributed by atoms with E-state index in [-0.39, 0.29) is 0 Å². The van der Waals surface area contributed by atoms with E-state index >= 15 is 0 Å². The summed E-state index contributed by atoms with van der Waals surface area (Å²) in [4.78, 5) is 6.88. The van der Waals surface area contributed by atoms with Crippen molar-refractivity contribution in [1.82, 2.24) is 10.2 Å². The monoisotopic (exact) mass is 215 g/mol. The normalized spacial score (nSPS) is 23.7. The van der Waals surface area contributed by atoms with Gasteiger partial charge in [0.15, 0.2) is 5.96 Å². The molecule has 0 bridgehead atoms. The number of aliphatic imine (C=N–C) groups is 1. The second-order valence-corrected chi connectivity index (χ2v) is 4.54. The van der Waals surface area contributed by atoms with Gasteiger partial charge < -0.3 is 10.2 Å². The number of rotatable bonds is 1. The predicted molar refractivity (Wildman–Crippen MR) is 65.5 cm³/mol. The maximum Gasteiger partial charge on any atom is 0.194 e. The minimum absolute atomic E-state index is 0.517. The van der Waals surface area contributed by atoms with Gasteiger partial charge in [-0.1, -0.05) is 29.8 Å². The summed E-state index contributed by atoms with van der Waals surface area (Å²) in [6, 6.07) is 9.42. The Bertz CT molecular complexity index is 408. The summed E-state index contributed by atoms with van der Waals surface area (Å²) in [6.07, 6.45) is 1.17. The largest absolute Gasteiger partial charge is 0.356 e. The highest BCUT2D eigenvalue weighted by Crippen LogP contribution is 2.28. The number of aryl methyl sites for hydroxylation is 1. The molecule has 3 nitrogen and oxygen atoms in total. The number of hydrogen-bond donors (Lipinski definition) is 1. The summed E-state index contributed by atoms with van der Waals surface area (Å²) in [5, 5.41) is 3.37. The Morgan fingerprint density at radius 1 is 1.31 bits per heavy atom. The Morgan fingerprint density at radius 3 is 2.94 bits per heavy atom. The highest BCUT2D eigenvalue weighted by atomic mass is 15.4.